The Labute approximate surface area is 174 Å². The van der Waals surface area contributed by atoms with Gasteiger partial charge in [0.2, 0.25) is 0 Å². The van der Waals surface area contributed by atoms with Gasteiger partial charge in [-0.05, 0) is 42.2 Å². The Balaban J connectivity index is 1.47. The molecule has 2 aliphatic rings. The minimum absolute atomic E-state index is 0.00759. The van der Waals surface area contributed by atoms with E-state index in [4.69, 9.17) is 16.3 Å². The third-order valence-electron chi connectivity index (χ3n) is 5.74. The van der Waals surface area contributed by atoms with Gasteiger partial charge in [-0.15, -0.1) is 0 Å². The number of benzene rings is 1. The molecule has 0 N–H and O–H groups in total. The summed E-state index contributed by atoms with van der Waals surface area (Å²) >= 11 is 6.64. The molecule has 1 aromatic carbocycles. The van der Waals surface area contributed by atoms with Crippen molar-refractivity contribution >= 4 is 17.5 Å². The third kappa shape index (κ3) is 3.17. The van der Waals surface area contributed by atoms with Crippen molar-refractivity contribution in [3.8, 4) is 17.0 Å². The molecule has 5 rings (SSSR count). The molecular formula is C22H21ClN4O2. The van der Waals surface area contributed by atoms with Crippen molar-refractivity contribution in [2.24, 2.45) is 7.05 Å². The van der Waals surface area contributed by atoms with Crippen LogP contribution in [0.2, 0.25) is 5.02 Å². The Morgan fingerprint density at radius 1 is 1.31 bits per heavy atom. The average Bonchev–Trinajstić information content (AvgIpc) is 3.33. The van der Waals surface area contributed by atoms with Crippen molar-refractivity contribution in [1.82, 2.24) is 19.7 Å². The van der Waals surface area contributed by atoms with Crippen LogP contribution in [0.1, 0.15) is 33.5 Å². The van der Waals surface area contributed by atoms with Crippen LogP contribution in [0.25, 0.3) is 11.3 Å². The van der Waals surface area contributed by atoms with Gasteiger partial charge in [0, 0.05) is 38.0 Å². The maximum Gasteiger partial charge on any atom is 0.257 e. The van der Waals surface area contributed by atoms with Crippen molar-refractivity contribution in [3.63, 3.8) is 0 Å². The minimum atomic E-state index is 0.00759. The summed E-state index contributed by atoms with van der Waals surface area (Å²) in [5.74, 6) is 0.545. The summed E-state index contributed by atoms with van der Waals surface area (Å²) in [6.07, 6.45) is 7.14. The van der Waals surface area contributed by atoms with Crippen molar-refractivity contribution in [1.29, 1.82) is 0 Å². The van der Waals surface area contributed by atoms with Crippen LogP contribution in [0.4, 0.5) is 0 Å². The van der Waals surface area contributed by atoms with Gasteiger partial charge in [0.1, 0.15) is 6.10 Å². The summed E-state index contributed by atoms with van der Waals surface area (Å²) in [7, 11) is 1.89. The molecule has 148 valence electrons. The zero-order valence-corrected chi connectivity index (χ0v) is 17.1. The van der Waals surface area contributed by atoms with E-state index in [1.54, 1.807) is 10.9 Å². The van der Waals surface area contributed by atoms with E-state index in [9.17, 15) is 4.79 Å². The summed E-state index contributed by atoms with van der Waals surface area (Å²) in [5.41, 5.74) is 5.45. The second kappa shape index (κ2) is 6.88. The lowest BCUT2D eigenvalue weighted by molar-refractivity contribution is 0.0792. The number of amides is 1. The zero-order valence-electron chi connectivity index (χ0n) is 16.4. The molecule has 0 spiro atoms. The van der Waals surface area contributed by atoms with Gasteiger partial charge in [0.05, 0.1) is 29.0 Å². The van der Waals surface area contributed by atoms with Crippen molar-refractivity contribution in [3.05, 3.63) is 64.1 Å². The molecule has 7 heteroatoms. The van der Waals surface area contributed by atoms with Crippen molar-refractivity contribution < 1.29 is 9.53 Å². The van der Waals surface area contributed by atoms with Gasteiger partial charge >= 0.3 is 0 Å². The smallest absolute Gasteiger partial charge is 0.257 e. The number of hydrogen-bond acceptors (Lipinski definition) is 4. The van der Waals surface area contributed by atoms with Gasteiger partial charge in [-0.1, -0.05) is 17.7 Å². The molecule has 2 bridgehead atoms. The van der Waals surface area contributed by atoms with Crippen LogP contribution in [-0.4, -0.2) is 44.8 Å². The van der Waals surface area contributed by atoms with E-state index in [1.165, 1.54) is 0 Å². The number of ether oxygens (including phenoxy) is 1. The number of aromatic nitrogens is 3. The van der Waals surface area contributed by atoms with Crippen molar-refractivity contribution in [2.75, 3.05) is 13.1 Å². The van der Waals surface area contributed by atoms with Crippen LogP contribution < -0.4 is 4.74 Å². The molecule has 3 aromatic rings. The molecular weight excluding hydrogens is 388 g/mol. The lowest BCUT2D eigenvalue weighted by Gasteiger charge is -2.19. The highest BCUT2D eigenvalue weighted by molar-refractivity contribution is 6.33. The van der Waals surface area contributed by atoms with E-state index in [0.29, 0.717) is 29.3 Å². The van der Waals surface area contributed by atoms with Gasteiger partial charge in [0.25, 0.3) is 5.91 Å². The molecule has 0 aliphatic carbocycles. The van der Waals surface area contributed by atoms with Crippen LogP contribution in [0.3, 0.4) is 0 Å². The largest absolute Gasteiger partial charge is 0.486 e. The molecule has 1 amide bonds. The lowest BCUT2D eigenvalue weighted by atomic mass is 9.97. The second-order valence-corrected chi connectivity index (χ2v) is 8.14. The van der Waals surface area contributed by atoms with Gasteiger partial charge in [0.15, 0.2) is 5.75 Å². The highest BCUT2D eigenvalue weighted by atomic mass is 35.5. The van der Waals surface area contributed by atoms with Gasteiger partial charge < -0.3 is 9.64 Å². The maximum absolute atomic E-state index is 12.9. The molecule has 6 nitrogen and oxygen atoms in total. The van der Waals surface area contributed by atoms with E-state index in [2.05, 4.69) is 16.1 Å². The number of halogens is 1. The highest BCUT2D eigenvalue weighted by Crippen LogP contribution is 2.39. The summed E-state index contributed by atoms with van der Waals surface area (Å²) < 4.78 is 7.84. The van der Waals surface area contributed by atoms with Gasteiger partial charge in [-0.2, -0.15) is 5.10 Å². The lowest BCUT2D eigenvalue weighted by Crippen LogP contribution is -2.28. The molecule has 2 aliphatic heterocycles. The number of aryl methyl sites for hydroxylation is 1. The van der Waals surface area contributed by atoms with E-state index < -0.39 is 0 Å². The Morgan fingerprint density at radius 2 is 2.17 bits per heavy atom. The molecule has 2 aromatic heterocycles. The fourth-order valence-electron chi connectivity index (χ4n) is 4.05. The first kappa shape index (κ1) is 18.2. The Bertz CT molecular complexity index is 1110. The summed E-state index contributed by atoms with van der Waals surface area (Å²) in [6.45, 7) is 3.36. The predicted octanol–water partition coefficient (Wildman–Crippen LogP) is 3.64. The number of fused-ring (bicyclic) bond motifs is 3. The predicted molar refractivity (Wildman–Crippen MR) is 110 cm³/mol. The van der Waals surface area contributed by atoms with E-state index in [0.717, 1.165) is 40.9 Å². The molecule has 1 saturated heterocycles. The standard InChI is InChI=1S/C22H21ClN4O2/c1-13-15(7-14-3-4-19(24-9-14)16-10-25-26(2)11-16)8-18-21(20(13)23)29-17-5-6-27(12-17)22(18)28/h3-4,8-11,17H,5-7,12H2,1-2H3/t17-/m0/s1. The van der Waals surface area contributed by atoms with E-state index >= 15 is 0 Å². The van der Waals surface area contributed by atoms with Crippen LogP contribution in [-0.2, 0) is 13.5 Å². The second-order valence-electron chi connectivity index (χ2n) is 7.76. The molecule has 1 fully saturated rings. The Kier molecular flexibility index (Phi) is 4.32. The number of hydrogen-bond donors (Lipinski definition) is 0. The summed E-state index contributed by atoms with van der Waals surface area (Å²) in [6, 6.07) is 5.98. The Morgan fingerprint density at radius 3 is 2.90 bits per heavy atom. The molecule has 0 unspecified atom stereocenters. The minimum Gasteiger partial charge on any atom is -0.486 e. The van der Waals surface area contributed by atoms with Crippen LogP contribution >= 0.6 is 11.6 Å². The number of pyridine rings is 1. The fourth-order valence-corrected chi connectivity index (χ4v) is 4.32. The van der Waals surface area contributed by atoms with Gasteiger partial charge in [-0.25, -0.2) is 0 Å². The highest BCUT2D eigenvalue weighted by Gasteiger charge is 2.36. The van der Waals surface area contributed by atoms with Gasteiger partial charge in [-0.3, -0.25) is 14.5 Å². The van der Waals surface area contributed by atoms with E-state index in [1.807, 2.05) is 43.4 Å². The molecule has 4 heterocycles. The molecule has 0 radical (unpaired) electrons. The summed E-state index contributed by atoms with van der Waals surface area (Å²) in [4.78, 5) is 19.4. The quantitative estimate of drug-likeness (QED) is 0.663. The monoisotopic (exact) mass is 408 g/mol. The molecule has 1 atom stereocenters. The van der Waals surface area contributed by atoms with Crippen molar-refractivity contribution in [2.45, 2.75) is 25.9 Å². The SMILES string of the molecule is Cc1c(Cc2ccc(-c3cnn(C)c3)nc2)cc2c(c1Cl)O[C@H]1CCN(C1)C2=O. The first-order valence-electron chi connectivity index (χ1n) is 9.71. The first-order valence-corrected chi connectivity index (χ1v) is 10.1. The third-order valence-corrected chi connectivity index (χ3v) is 6.20. The number of carbonyl (C=O) groups is 1. The maximum atomic E-state index is 12.9. The Hall–Kier alpha value is -2.86. The average molecular weight is 409 g/mol. The first-order chi connectivity index (χ1) is 14.0. The van der Waals surface area contributed by atoms with Crippen LogP contribution in [0.5, 0.6) is 5.75 Å². The van der Waals surface area contributed by atoms with Crippen LogP contribution in [0, 0.1) is 6.92 Å². The van der Waals surface area contributed by atoms with Crippen LogP contribution in [0.15, 0.2) is 36.8 Å². The normalized spacial score (nSPS) is 17.8. The topological polar surface area (TPSA) is 60.2 Å². The summed E-state index contributed by atoms with van der Waals surface area (Å²) in [5, 5.41) is 4.73. The zero-order chi connectivity index (χ0) is 20.1. The molecule has 0 saturated carbocycles. The van der Waals surface area contributed by atoms with E-state index in [-0.39, 0.29) is 12.0 Å². The number of rotatable bonds is 3. The number of carbonyl (C=O) groups excluding carboxylic acids is 1. The number of nitrogens with zero attached hydrogens (tertiary/aromatic N) is 4. The molecule has 29 heavy (non-hydrogen) atoms. The fraction of sp³-hybridized carbons (Fsp3) is 0.318.